The van der Waals surface area contributed by atoms with Gasteiger partial charge in [0.2, 0.25) is 0 Å². The summed E-state index contributed by atoms with van der Waals surface area (Å²) in [5.74, 6) is 0. The lowest BCUT2D eigenvalue weighted by Crippen LogP contribution is -2.03. The molecule has 1 rings (SSSR count). The van der Waals surface area contributed by atoms with Gasteiger partial charge in [0.05, 0.1) is 10.0 Å². The Morgan fingerprint density at radius 2 is 2.15 bits per heavy atom. The van der Waals surface area contributed by atoms with E-state index in [9.17, 15) is 0 Å². The second-order valence-electron chi connectivity index (χ2n) is 2.60. The second-order valence-corrected chi connectivity index (χ2v) is 3.39. The molecule has 0 unspecified atom stereocenters. The summed E-state index contributed by atoms with van der Waals surface area (Å²) in [6.45, 7) is 0.822. The number of hydrogen-bond acceptors (Lipinski definition) is 1. The number of rotatable bonds is 3. The molecule has 0 aliphatic heterocycles. The summed E-state index contributed by atoms with van der Waals surface area (Å²) in [6, 6.07) is 5.59. The van der Waals surface area contributed by atoms with Crippen LogP contribution in [0, 0.1) is 0 Å². The van der Waals surface area contributed by atoms with Crippen LogP contribution in [-0.4, -0.2) is 13.6 Å². The van der Waals surface area contributed by atoms with Crippen LogP contribution in [0.15, 0.2) is 24.3 Å². The summed E-state index contributed by atoms with van der Waals surface area (Å²) in [6.07, 6.45) is 3.95. The van der Waals surface area contributed by atoms with Crippen LogP contribution in [-0.2, 0) is 0 Å². The lowest BCUT2D eigenvalue weighted by Gasteiger charge is -1.99. The van der Waals surface area contributed by atoms with Gasteiger partial charge in [-0.15, -0.1) is 0 Å². The first kappa shape index (κ1) is 10.6. The van der Waals surface area contributed by atoms with Gasteiger partial charge in [0.1, 0.15) is 0 Å². The van der Waals surface area contributed by atoms with Crippen molar-refractivity contribution in [1.29, 1.82) is 0 Å². The standard InChI is InChI=1S/C10H11Cl2N/c1-13-7-3-5-8-4-2-6-9(11)10(8)12/h2-6,13H,7H2,1H3/b5-3+. The molecule has 0 saturated heterocycles. The van der Waals surface area contributed by atoms with Crippen molar-refractivity contribution < 1.29 is 0 Å². The van der Waals surface area contributed by atoms with E-state index in [1.54, 1.807) is 6.07 Å². The summed E-state index contributed by atoms with van der Waals surface area (Å²) in [4.78, 5) is 0. The van der Waals surface area contributed by atoms with Crippen LogP contribution in [0.25, 0.3) is 6.08 Å². The van der Waals surface area contributed by atoms with E-state index in [1.165, 1.54) is 0 Å². The van der Waals surface area contributed by atoms with Crippen molar-refractivity contribution in [2.45, 2.75) is 0 Å². The smallest absolute Gasteiger partial charge is 0.0664 e. The highest BCUT2D eigenvalue weighted by atomic mass is 35.5. The molecular weight excluding hydrogens is 205 g/mol. The molecule has 0 radical (unpaired) electrons. The Labute approximate surface area is 88.4 Å². The summed E-state index contributed by atoms with van der Waals surface area (Å²) in [7, 11) is 1.89. The van der Waals surface area contributed by atoms with E-state index in [0.29, 0.717) is 10.0 Å². The first-order valence-corrected chi connectivity index (χ1v) is 4.76. The van der Waals surface area contributed by atoms with Crippen LogP contribution >= 0.6 is 23.2 Å². The molecule has 0 saturated carbocycles. The maximum atomic E-state index is 5.97. The van der Waals surface area contributed by atoms with Crippen molar-refractivity contribution in [3.05, 3.63) is 39.9 Å². The fraction of sp³-hybridized carbons (Fsp3) is 0.200. The summed E-state index contributed by atoms with van der Waals surface area (Å²) in [5.41, 5.74) is 0.949. The average Bonchev–Trinajstić information content (AvgIpc) is 2.13. The van der Waals surface area contributed by atoms with Crippen molar-refractivity contribution in [2.75, 3.05) is 13.6 Å². The Morgan fingerprint density at radius 1 is 1.38 bits per heavy atom. The lowest BCUT2D eigenvalue weighted by molar-refractivity contribution is 0.922. The number of hydrogen-bond donors (Lipinski definition) is 1. The van der Waals surface area contributed by atoms with Crippen LogP contribution in [0.2, 0.25) is 10.0 Å². The highest BCUT2D eigenvalue weighted by Gasteiger charge is 1.99. The molecule has 1 aromatic rings. The van der Waals surface area contributed by atoms with E-state index in [2.05, 4.69) is 5.32 Å². The van der Waals surface area contributed by atoms with Gasteiger partial charge in [0, 0.05) is 6.54 Å². The minimum Gasteiger partial charge on any atom is -0.316 e. The molecule has 0 atom stereocenters. The van der Waals surface area contributed by atoms with Crippen molar-refractivity contribution in [3.63, 3.8) is 0 Å². The zero-order chi connectivity index (χ0) is 9.68. The second kappa shape index (κ2) is 5.28. The molecule has 13 heavy (non-hydrogen) atoms. The number of likely N-dealkylation sites (N-methyl/N-ethyl adjacent to an activating group) is 1. The molecule has 0 bridgehead atoms. The Hall–Kier alpha value is -0.500. The predicted octanol–water partition coefficient (Wildman–Crippen LogP) is 3.23. The Balaban J connectivity index is 2.83. The van der Waals surface area contributed by atoms with Gasteiger partial charge in [-0.1, -0.05) is 47.5 Å². The molecule has 1 N–H and O–H groups in total. The largest absolute Gasteiger partial charge is 0.316 e. The number of benzene rings is 1. The fourth-order valence-corrected chi connectivity index (χ4v) is 1.32. The van der Waals surface area contributed by atoms with Crippen LogP contribution in [0.5, 0.6) is 0 Å². The van der Waals surface area contributed by atoms with E-state index in [0.717, 1.165) is 12.1 Å². The van der Waals surface area contributed by atoms with Gasteiger partial charge >= 0.3 is 0 Å². The maximum Gasteiger partial charge on any atom is 0.0664 e. The molecule has 0 fully saturated rings. The van der Waals surface area contributed by atoms with Crippen molar-refractivity contribution >= 4 is 29.3 Å². The molecule has 0 aromatic heterocycles. The molecule has 70 valence electrons. The third-order valence-corrected chi connectivity index (χ3v) is 2.43. The Bertz CT molecular complexity index is 308. The Morgan fingerprint density at radius 3 is 2.85 bits per heavy atom. The first-order chi connectivity index (χ1) is 6.25. The van der Waals surface area contributed by atoms with E-state index in [-0.39, 0.29) is 0 Å². The van der Waals surface area contributed by atoms with Gasteiger partial charge in [-0.2, -0.15) is 0 Å². The van der Waals surface area contributed by atoms with E-state index < -0.39 is 0 Å². The average molecular weight is 216 g/mol. The highest BCUT2D eigenvalue weighted by molar-refractivity contribution is 6.42. The molecule has 0 amide bonds. The van der Waals surface area contributed by atoms with E-state index >= 15 is 0 Å². The van der Waals surface area contributed by atoms with E-state index in [1.807, 2.05) is 31.3 Å². The molecule has 0 aliphatic rings. The van der Waals surface area contributed by atoms with Gasteiger partial charge in [-0.25, -0.2) is 0 Å². The molecule has 0 heterocycles. The zero-order valence-electron chi connectivity index (χ0n) is 7.35. The van der Waals surface area contributed by atoms with Crippen molar-refractivity contribution in [2.24, 2.45) is 0 Å². The molecule has 1 aromatic carbocycles. The van der Waals surface area contributed by atoms with Crippen LogP contribution in [0.3, 0.4) is 0 Å². The van der Waals surface area contributed by atoms with Gasteiger partial charge < -0.3 is 5.32 Å². The molecule has 0 aliphatic carbocycles. The quantitative estimate of drug-likeness (QED) is 0.817. The minimum atomic E-state index is 0.591. The van der Waals surface area contributed by atoms with Gasteiger partial charge in [0.15, 0.2) is 0 Å². The lowest BCUT2D eigenvalue weighted by atomic mass is 10.2. The summed E-state index contributed by atoms with van der Waals surface area (Å²) in [5, 5.41) is 4.21. The third kappa shape index (κ3) is 3.03. The molecule has 0 spiro atoms. The van der Waals surface area contributed by atoms with Crippen molar-refractivity contribution in [3.8, 4) is 0 Å². The molecule has 3 heteroatoms. The molecule has 1 nitrogen and oxygen atoms in total. The van der Waals surface area contributed by atoms with Gasteiger partial charge in [-0.05, 0) is 18.7 Å². The predicted molar refractivity (Wildman–Crippen MR) is 59.4 cm³/mol. The van der Waals surface area contributed by atoms with Crippen LogP contribution in [0.1, 0.15) is 5.56 Å². The Kier molecular flexibility index (Phi) is 4.29. The minimum absolute atomic E-state index is 0.591. The van der Waals surface area contributed by atoms with Crippen molar-refractivity contribution in [1.82, 2.24) is 5.32 Å². The fourth-order valence-electron chi connectivity index (χ4n) is 0.953. The van der Waals surface area contributed by atoms with Crippen LogP contribution in [0.4, 0.5) is 0 Å². The number of halogens is 2. The van der Waals surface area contributed by atoms with Gasteiger partial charge in [-0.3, -0.25) is 0 Å². The SMILES string of the molecule is CNC/C=C/c1cccc(Cl)c1Cl. The highest BCUT2D eigenvalue weighted by Crippen LogP contribution is 2.26. The zero-order valence-corrected chi connectivity index (χ0v) is 8.86. The number of nitrogens with one attached hydrogen (secondary N) is 1. The normalized spacial score (nSPS) is 11.0. The maximum absolute atomic E-state index is 5.97. The topological polar surface area (TPSA) is 12.0 Å². The monoisotopic (exact) mass is 215 g/mol. The molecular formula is C10H11Cl2N. The third-order valence-electron chi connectivity index (χ3n) is 1.60. The summed E-state index contributed by atoms with van der Waals surface area (Å²) >= 11 is 11.8. The van der Waals surface area contributed by atoms with Gasteiger partial charge in [0.25, 0.3) is 0 Å². The van der Waals surface area contributed by atoms with E-state index in [4.69, 9.17) is 23.2 Å². The van der Waals surface area contributed by atoms with Crippen LogP contribution < -0.4 is 5.32 Å². The summed E-state index contributed by atoms with van der Waals surface area (Å²) < 4.78 is 0. The first-order valence-electron chi connectivity index (χ1n) is 4.01.